The molecule has 4 saturated carbocycles. The number of pyridine rings is 1. The first-order valence-corrected chi connectivity index (χ1v) is 30.3. The zero-order valence-corrected chi connectivity index (χ0v) is 45.9. The lowest BCUT2D eigenvalue weighted by Gasteiger charge is -2.39. The second-order valence-corrected chi connectivity index (χ2v) is 27.5. The zero-order chi connectivity index (χ0) is 57.2. The summed E-state index contributed by atoms with van der Waals surface area (Å²) in [5.41, 5.74) is -1.90. The third kappa shape index (κ3) is 12.0. The van der Waals surface area contributed by atoms with Crippen molar-refractivity contribution in [3.63, 3.8) is 0 Å². The predicted molar refractivity (Wildman–Crippen MR) is 274 cm³/mol. The largest absolute Gasteiger partial charge is 0.487 e. The molecule has 4 heterocycles. The van der Waals surface area contributed by atoms with Crippen LogP contribution in [-0.4, -0.2) is 90.8 Å². The number of halogens is 11. The van der Waals surface area contributed by atoms with E-state index < -0.39 is 122 Å². The van der Waals surface area contributed by atoms with E-state index >= 15 is 13.2 Å². The zero-order valence-electron chi connectivity index (χ0n) is 42.7. The van der Waals surface area contributed by atoms with Crippen molar-refractivity contribution in [1.82, 2.24) is 24.2 Å². The Morgan fingerprint density at radius 2 is 1.20 bits per heavy atom. The van der Waals surface area contributed by atoms with Gasteiger partial charge in [-0.15, -0.1) is 0 Å². The van der Waals surface area contributed by atoms with Gasteiger partial charge in [0, 0.05) is 44.3 Å². The number of alkyl halides is 6. The Kier molecular flexibility index (Phi) is 14.8. The molecule has 1 aromatic heterocycles. The first kappa shape index (κ1) is 57.0. The average molecular weight is 1210 g/mol. The van der Waals surface area contributed by atoms with Gasteiger partial charge in [0.2, 0.25) is 25.9 Å². The number of benzene rings is 3. The molecule has 7 atom stereocenters. The van der Waals surface area contributed by atoms with Crippen molar-refractivity contribution in [2.24, 2.45) is 11.8 Å². The molecule has 5 unspecified atom stereocenters. The molecular formula is C54H54Cl2F9N5O8S2. The molecular weight excluding hydrogens is 1150 g/mol. The quantitative estimate of drug-likeness (QED) is 0.0967. The van der Waals surface area contributed by atoms with Crippen LogP contribution >= 0.6 is 23.2 Å². The number of nitrogens with one attached hydrogen (secondary N) is 2. The fourth-order valence-electron chi connectivity index (χ4n) is 12.2. The van der Waals surface area contributed by atoms with Crippen LogP contribution in [0.4, 0.5) is 39.5 Å². The van der Waals surface area contributed by atoms with Gasteiger partial charge >= 0.3 is 12.4 Å². The Balaban J connectivity index is 0.841. The van der Waals surface area contributed by atoms with Gasteiger partial charge in [0.1, 0.15) is 23.3 Å². The number of ether oxygens (including phenoxy) is 2. The van der Waals surface area contributed by atoms with Gasteiger partial charge in [-0.1, -0.05) is 23.2 Å². The molecule has 3 aliphatic heterocycles. The van der Waals surface area contributed by atoms with Gasteiger partial charge in [0.25, 0.3) is 11.8 Å². The van der Waals surface area contributed by atoms with Crippen LogP contribution in [-0.2, 0) is 45.5 Å². The maximum absolute atomic E-state index is 16.3. The molecule has 0 radical (unpaired) electrons. The topological polar surface area (TPSA) is 164 Å². The summed E-state index contributed by atoms with van der Waals surface area (Å²) in [7, 11) is -8.15. The maximum Gasteiger partial charge on any atom is 0.418 e. The van der Waals surface area contributed by atoms with Crippen LogP contribution < -0.4 is 18.9 Å². The Morgan fingerprint density at radius 1 is 0.688 bits per heavy atom. The summed E-state index contributed by atoms with van der Waals surface area (Å²) in [6.07, 6.45) is -4.29. The number of fused-ring (bicyclic) bond motifs is 2. The number of aromatic nitrogens is 1. The highest BCUT2D eigenvalue weighted by Gasteiger charge is 2.56. The minimum absolute atomic E-state index is 0.0962. The summed E-state index contributed by atoms with van der Waals surface area (Å²) in [5.74, 6) is -6.91. The number of hydrogen-bond donors (Lipinski definition) is 2. The van der Waals surface area contributed by atoms with Crippen molar-refractivity contribution in [3.05, 3.63) is 121 Å². The van der Waals surface area contributed by atoms with E-state index in [9.17, 15) is 52.8 Å². The normalized spacial score (nSPS) is 26.0. The van der Waals surface area contributed by atoms with Crippen molar-refractivity contribution < 1.29 is 75.4 Å². The molecule has 3 saturated heterocycles. The summed E-state index contributed by atoms with van der Waals surface area (Å²) in [6.45, 7) is 2.82. The van der Waals surface area contributed by atoms with Crippen LogP contribution in [0.15, 0.2) is 48.7 Å². The van der Waals surface area contributed by atoms with Crippen molar-refractivity contribution in [2.45, 2.75) is 156 Å². The third-order valence-electron chi connectivity index (χ3n) is 17.0. The lowest BCUT2D eigenvalue weighted by atomic mass is 9.91. The molecule has 2 N–H and O–H groups in total. The number of carbonyl (C=O) groups is 2. The molecule has 80 heavy (non-hydrogen) atoms. The first-order chi connectivity index (χ1) is 37.5. The summed E-state index contributed by atoms with van der Waals surface area (Å²) in [6, 6.07) is 6.61. The molecule has 432 valence electrons. The molecule has 7 aliphatic rings. The van der Waals surface area contributed by atoms with Gasteiger partial charge in [-0.3, -0.25) is 19.4 Å². The highest BCUT2D eigenvalue weighted by Crippen LogP contribution is 2.66. The van der Waals surface area contributed by atoms with E-state index in [0.29, 0.717) is 125 Å². The average Bonchev–Trinajstić information content (AvgIpc) is 4.26. The number of sulfonamides is 2. The van der Waals surface area contributed by atoms with E-state index in [1.807, 2.05) is 14.3 Å². The van der Waals surface area contributed by atoms with E-state index in [4.69, 9.17) is 32.7 Å². The molecule has 2 bridgehead atoms. The van der Waals surface area contributed by atoms with Crippen LogP contribution in [0.2, 0.25) is 10.0 Å². The summed E-state index contributed by atoms with van der Waals surface area (Å²) in [5, 5.41) is -2.86. The van der Waals surface area contributed by atoms with E-state index in [2.05, 4.69) is 9.88 Å². The Labute approximate surface area is 465 Å². The van der Waals surface area contributed by atoms with Crippen molar-refractivity contribution in [2.75, 3.05) is 13.1 Å². The molecule has 3 aromatic carbocycles. The van der Waals surface area contributed by atoms with E-state index in [1.54, 1.807) is 6.92 Å². The summed E-state index contributed by atoms with van der Waals surface area (Å²) in [4.78, 5) is 35.3. The highest BCUT2D eigenvalue weighted by molar-refractivity contribution is 7.91. The number of nitrogens with zero attached hydrogens (tertiary/aromatic N) is 3. The van der Waals surface area contributed by atoms with Gasteiger partial charge in [-0.05, 0) is 166 Å². The van der Waals surface area contributed by atoms with Gasteiger partial charge in [-0.25, -0.2) is 44.4 Å². The molecule has 26 heteroatoms. The SMILES string of the molecule is CC1(Oc2cc(C(F)(F)F)c(Cl)cn2)CCN(Cc2cc(F)c(C(=O)NS(=O)(=O)C3CC3)cc2C2CC2C2CC2c2cc(C(=O)NS(=O)(=O)C3CC3)c(F)cc2CN2[C@@H]3CC[C@H]2CC(Oc2cc(C(F)(F)F)cc(Cl)c2F)C3)CC1. The Hall–Kier alpha value is -4.88. The second kappa shape index (κ2) is 20.8. The molecule has 11 rings (SSSR count). The number of likely N-dealkylation sites (tertiary alicyclic amines) is 1. The standard InChI is InChI=1S/C54H54Cl2F9N5O8S2/c1-52(78-48-22-42(54(63,64)65)44(56)23-66-48)8-10-69(11-9-52)24-26-12-45(57)40(50(71)67-79(73,74)32-4-5-32)18-34(26)36-20-38(36)39-21-37(39)35-19-41(51(72)68-80(75,76)33-6-7-33)46(58)13-27(35)25-70-29-2-3-30(70)17-31(16-29)77-47-15-28(53(60,61)62)14-43(55)49(47)59/h12-15,18-19,22-23,29-33,36-39H,2-11,16-17,20-21,24-25H2,1H3,(H,67,71)(H,68,72)/t29-,30+,31?,36?,37?,38?,39?. The van der Waals surface area contributed by atoms with Crippen molar-refractivity contribution >= 4 is 55.1 Å². The van der Waals surface area contributed by atoms with E-state index in [0.717, 1.165) is 12.3 Å². The number of hydrogen-bond acceptors (Lipinski definition) is 11. The van der Waals surface area contributed by atoms with Crippen LogP contribution in [0.25, 0.3) is 0 Å². The van der Waals surface area contributed by atoms with E-state index in [-0.39, 0.29) is 54.7 Å². The van der Waals surface area contributed by atoms with Crippen LogP contribution in [0.5, 0.6) is 11.6 Å². The van der Waals surface area contributed by atoms with Crippen LogP contribution in [0.1, 0.15) is 150 Å². The molecule has 0 spiro atoms. The number of rotatable bonds is 17. The molecule has 7 fully saturated rings. The van der Waals surface area contributed by atoms with Crippen LogP contribution in [0, 0.1) is 29.3 Å². The number of piperidine rings is 2. The minimum atomic E-state index is -4.81. The fraction of sp³-hybridized carbons (Fsp3) is 0.537. The Bertz CT molecular complexity index is 3380. The van der Waals surface area contributed by atoms with Gasteiger partial charge < -0.3 is 9.47 Å². The summed E-state index contributed by atoms with van der Waals surface area (Å²) >= 11 is 11.6. The van der Waals surface area contributed by atoms with Gasteiger partial charge in [-0.2, -0.15) is 26.3 Å². The second-order valence-electron chi connectivity index (χ2n) is 22.8. The predicted octanol–water partition coefficient (Wildman–Crippen LogP) is 11.2. The molecule has 4 aromatic rings. The number of carbonyl (C=O) groups excluding carboxylic acids is 2. The van der Waals surface area contributed by atoms with Gasteiger partial charge in [0.15, 0.2) is 11.6 Å². The first-order valence-electron chi connectivity index (χ1n) is 26.4. The van der Waals surface area contributed by atoms with Crippen molar-refractivity contribution in [1.29, 1.82) is 0 Å². The van der Waals surface area contributed by atoms with Crippen LogP contribution in [0.3, 0.4) is 0 Å². The number of amides is 2. The lowest BCUT2D eigenvalue weighted by molar-refractivity contribution is -0.138. The lowest BCUT2D eigenvalue weighted by Crippen LogP contribution is -2.46. The third-order valence-corrected chi connectivity index (χ3v) is 21.2. The monoisotopic (exact) mass is 1210 g/mol. The fourth-order valence-corrected chi connectivity index (χ4v) is 15.2. The van der Waals surface area contributed by atoms with E-state index in [1.165, 1.54) is 24.3 Å². The van der Waals surface area contributed by atoms with Gasteiger partial charge in [0.05, 0.1) is 49.0 Å². The maximum atomic E-state index is 16.3. The highest BCUT2D eigenvalue weighted by atomic mass is 35.5. The molecule has 4 aliphatic carbocycles. The molecule has 2 amide bonds. The smallest absolute Gasteiger partial charge is 0.418 e. The van der Waals surface area contributed by atoms with Crippen molar-refractivity contribution in [3.8, 4) is 11.6 Å². The molecule has 13 nitrogen and oxygen atoms in total. The minimum Gasteiger partial charge on any atom is -0.487 e. The summed E-state index contributed by atoms with van der Waals surface area (Å²) < 4.78 is 197. The Morgan fingerprint density at radius 3 is 1.69 bits per heavy atom.